The number of carbonyl (C=O) groups excluding carboxylic acids is 3. The summed E-state index contributed by atoms with van der Waals surface area (Å²) >= 11 is 6.44. The summed E-state index contributed by atoms with van der Waals surface area (Å²) in [6.07, 6.45) is 1.91. The second-order valence-electron chi connectivity index (χ2n) is 10.7. The minimum Gasteiger partial charge on any atom is -0.476 e. The minimum atomic E-state index is -1.38. The highest BCUT2D eigenvalue weighted by Gasteiger charge is 2.41. The van der Waals surface area contributed by atoms with Gasteiger partial charge in [-0.25, -0.2) is 9.37 Å². The Bertz CT molecular complexity index is 1680. The number of rotatable bonds is 7. The minimum absolute atomic E-state index is 0.0945. The molecule has 236 valence electrons. The van der Waals surface area contributed by atoms with Gasteiger partial charge in [0, 0.05) is 44.5 Å². The fraction of sp³-hybridized carbons (Fsp3) is 0.367. The molecule has 1 aromatic heterocycles. The molecule has 2 aromatic carbocycles. The van der Waals surface area contributed by atoms with Gasteiger partial charge in [-0.3, -0.25) is 14.4 Å². The number of aliphatic hydroxyl groups is 1. The highest BCUT2D eigenvalue weighted by molar-refractivity contribution is 6.34. The summed E-state index contributed by atoms with van der Waals surface area (Å²) in [5, 5.41) is 25.2. The van der Waals surface area contributed by atoms with Crippen LogP contribution in [0.3, 0.4) is 0 Å². The Morgan fingerprint density at radius 3 is 2.47 bits per heavy atom. The first-order chi connectivity index (χ1) is 21.5. The van der Waals surface area contributed by atoms with Gasteiger partial charge in [0.05, 0.1) is 22.5 Å². The molecule has 0 saturated carbocycles. The van der Waals surface area contributed by atoms with Crippen molar-refractivity contribution in [1.29, 1.82) is 5.26 Å². The molecule has 2 aliphatic heterocycles. The smallest absolute Gasteiger partial charge is 0.291 e. The number of amides is 3. The number of ether oxygens (including phenoxy) is 1. The average molecular weight is 642 g/mol. The third kappa shape index (κ3) is 6.46. The molecule has 2 saturated heterocycles. The van der Waals surface area contributed by atoms with Crippen LogP contribution in [0.15, 0.2) is 36.5 Å². The van der Waals surface area contributed by atoms with E-state index < -0.39 is 35.5 Å². The Morgan fingerprint density at radius 1 is 1.11 bits per heavy atom. The number of hydrogen-bond acceptors (Lipinski definition) is 8. The molecule has 3 N–H and O–H groups in total. The van der Waals surface area contributed by atoms with Crippen LogP contribution >= 0.6 is 11.6 Å². The van der Waals surface area contributed by atoms with Crippen LogP contribution in [0.5, 0.6) is 5.75 Å². The van der Waals surface area contributed by atoms with Crippen LogP contribution in [-0.2, 0) is 11.8 Å². The highest BCUT2D eigenvalue weighted by atomic mass is 35.5. The lowest BCUT2D eigenvalue weighted by Gasteiger charge is -2.40. The Hall–Kier alpha value is -4.58. The maximum atomic E-state index is 14.8. The van der Waals surface area contributed by atoms with Gasteiger partial charge < -0.3 is 34.8 Å². The van der Waals surface area contributed by atoms with Gasteiger partial charge >= 0.3 is 0 Å². The highest BCUT2D eigenvalue weighted by Crippen LogP contribution is 2.31. The van der Waals surface area contributed by atoms with Crippen LogP contribution in [-0.4, -0.2) is 93.7 Å². The first-order valence-corrected chi connectivity index (χ1v) is 14.5. The predicted octanol–water partition coefficient (Wildman–Crippen LogP) is 2.57. The van der Waals surface area contributed by atoms with E-state index in [4.69, 9.17) is 21.6 Å². The second kappa shape index (κ2) is 13.2. The quantitative estimate of drug-likeness (QED) is 0.356. The average Bonchev–Trinajstić information content (AvgIpc) is 3.42. The third-order valence-electron chi connectivity index (χ3n) is 7.95. The number of benzene rings is 2. The maximum Gasteiger partial charge on any atom is 0.291 e. The summed E-state index contributed by atoms with van der Waals surface area (Å²) in [6, 6.07) is 8.52. The van der Waals surface area contributed by atoms with Gasteiger partial charge in [0.15, 0.2) is 24.0 Å². The van der Waals surface area contributed by atoms with Crippen LogP contribution < -0.4 is 15.4 Å². The van der Waals surface area contributed by atoms with E-state index in [0.717, 1.165) is 0 Å². The monoisotopic (exact) mass is 641 g/mol. The molecule has 5 rings (SSSR count). The summed E-state index contributed by atoms with van der Waals surface area (Å²) in [6.45, 7) is 1.80. The first-order valence-electron chi connectivity index (χ1n) is 14.2. The van der Waals surface area contributed by atoms with E-state index in [2.05, 4.69) is 15.6 Å². The number of nitriles is 1. The van der Waals surface area contributed by atoms with Crippen molar-refractivity contribution in [3.05, 3.63) is 64.6 Å². The van der Waals surface area contributed by atoms with Crippen molar-refractivity contribution in [2.45, 2.75) is 18.4 Å². The standard InChI is InChI=1S/C30H30ClF2N7O5/c1-38-22(20-4-5-23(45-15-8-34)25(33)24(20)32)17-36-26(38)27(41)37-18-2-3-19(21(31)16-18)28(42)39-11-13-40(14-12-39)29(43)30(44)6-9-35-10-7-30/h2-5,16-17,35,44H,6-7,9-15H2,1H3,(H,37,41). The lowest BCUT2D eigenvalue weighted by atomic mass is 9.90. The molecular formula is C30H30ClF2N7O5. The van der Waals surface area contributed by atoms with Crippen molar-refractivity contribution in [2.75, 3.05) is 51.2 Å². The molecule has 2 fully saturated rings. The summed E-state index contributed by atoms with van der Waals surface area (Å²) in [7, 11) is 1.46. The van der Waals surface area contributed by atoms with Crippen molar-refractivity contribution in [3.8, 4) is 23.1 Å². The molecule has 12 nitrogen and oxygen atoms in total. The zero-order valence-corrected chi connectivity index (χ0v) is 25.0. The summed E-state index contributed by atoms with van der Waals surface area (Å²) in [5.41, 5.74) is -0.942. The zero-order valence-electron chi connectivity index (χ0n) is 24.3. The van der Waals surface area contributed by atoms with E-state index in [9.17, 15) is 28.3 Å². The third-order valence-corrected chi connectivity index (χ3v) is 8.26. The Balaban J connectivity index is 1.22. The van der Waals surface area contributed by atoms with Gasteiger partial charge in [-0.15, -0.1) is 0 Å². The number of halogens is 3. The lowest BCUT2D eigenvalue weighted by Crippen LogP contribution is -2.59. The van der Waals surface area contributed by atoms with Crippen molar-refractivity contribution in [1.82, 2.24) is 24.7 Å². The van der Waals surface area contributed by atoms with Gasteiger partial charge in [0.1, 0.15) is 11.7 Å². The molecule has 3 amide bonds. The molecule has 0 aliphatic carbocycles. The maximum absolute atomic E-state index is 14.8. The Labute approximate surface area is 262 Å². The summed E-state index contributed by atoms with van der Waals surface area (Å²) in [5.74, 6) is -4.33. The summed E-state index contributed by atoms with van der Waals surface area (Å²) < 4.78 is 35.4. The number of piperidine rings is 1. The van der Waals surface area contributed by atoms with E-state index in [0.29, 0.717) is 25.9 Å². The number of nitrogens with one attached hydrogen (secondary N) is 2. The molecule has 45 heavy (non-hydrogen) atoms. The molecule has 0 radical (unpaired) electrons. The SMILES string of the molecule is Cn1c(-c2ccc(OCC#N)c(F)c2F)cnc1C(=O)Nc1ccc(C(=O)N2CCN(C(=O)C3(O)CCNCC3)CC2)c(Cl)c1. The lowest BCUT2D eigenvalue weighted by molar-refractivity contribution is -0.155. The van der Waals surface area contributed by atoms with E-state index in [1.165, 1.54) is 48.1 Å². The fourth-order valence-corrected chi connectivity index (χ4v) is 5.67. The Morgan fingerprint density at radius 2 is 1.80 bits per heavy atom. The van der Waals surface area contributed by atoms with E-state index in [-0.39, 0.29) is 71.3 Å². The number of imidazole rings is 1. The molecular weight excluding hydrogens is 612 g/mol. The molecule has 2 aliphatic rings. The van der Waals surface area contributed by atoms with Gasteiger partial charge in [-0.05, 0) is 56.3 Å². The number of anilines is 1. The van der Waals surface area contributed by atoms with Gasteiger partial charge in [0.2, 0.25) is 5.82 Å². The molecule has 0 atom stereocenters. The van der Waals surface area contributed by atoms with Gasteiger partial charge in [0.25, 0.3) is 17.7 Å². The van der Waals surface area contributed by atoms with E-state index in [1.807, 2.05) is 0 Å². The predicted molar refractivity (Wildman–Crippen MR) is 159 cm³/mol. The van der Waals surface area contributed by atoms with Gasteiger partial charge in [-0.1, -0.05) is 11.6 Å². The molecule has 3 aromatic rings. The number of nitrogens with zero attached hydrogens (tertiary/aromatic N) is 5. The number of carbonyl (C=O) groups is 3. The van der Waals surface area contributed by atoms with Crippen LogP contribution in [0.25, 0.3) is 11.3 Å². The van der Waals surface area contributed by atoms with E-state index in [1.54, 1.807) is 15.9 Å². The van der Waals surface area contributed by atoms with Crippen molar-refractivity contribution >= 4 is 35.0 Å². The topological polar surface area (TPSA) is 153 Å². The molecule has 0 spiro atoms. The normalized spacial score (nSPS) is 16.2. The zero-order chi connectivity index (χ0) is 32.3. The Kier molecular flexibility index (Phi) is 9.33. The number of hydrogen-bond donors (Lipinski definition) is 3. The van der Waals surface area contributed by atoms with Crippen molar-refractivity contribution in [2.24, 2.45) is 7.05 Å². The number of aromatic nitrogens is 2. The molecule has 3 heterocycles. The van der Waals surface area contributed by atoms with Crippen molar-refractivity contribution in [3.63, 3.8) is 0 Å². The molecule has 15 heteroatoms. The number of piperazine rings is 1. The molecule has 0 bridgehead atoms. The van der Waals surface area contributed by atoms with Crippen LogP contribution in [0.1, 0.15) is 33.8 Å². The van der Waals surface area contributed by atoms with Crippen molar-refractivity contribution < 1.29 is 33.0 Å². The van der Waals surface area contributed by atoms with Crippen LogP contribution in [0.4, 0.5) is 14.5 Å². The first kappa shape index (κ1) is 31.8. The van der Waals surface area contributed by atoms with E-state index >= 15 is 0 Å². The van der Waals surface area contributed by atoms with Gasteiger partial charge in [-0.2, -0.15) is 9.65 Å². The van der Waals surface area contributed by atoms with Crippen LogP contribution in [0.2, 0.25) is 5.02 Å². The summed E-state index contributed by atoms with van der Waals surface area (Å²) in [4.78, 5) is 46.4. The largest absolute Gasteiger partial charge is 0.476 e. The molecule has 0 unspecified atom stereocenters. The van der Waals surface area contributed by atoms with Crippen LogP contribution in [0, 0.1) is 23.0 Å². The second-order valence-corrected chi connectivity index (χ2v) is 11.1. The fourth-order valence-electron chi connectivity index (χ4n) is 5.41.